The standard InChI is InChI=1S/C11H12Cl2N2O2/c12-7-10(16)14-5-6-15-11(17)8-3-1-2-4-9(8)13/h1-4H,5-7H2,(H,14,16)(H,15,17). The number of hydrogen-bond acceptors (Lipinski definition) is 2. The molecule has 0 unspecified atom stereocenters. The van der Waals surface area contributed by atoms with Crippen molar-refractivity contribution < 1.29 is 9.59 Å². The van der Waals surface area contributed by atoms with E-state index in [0.29, 0.717) is 23.7 Å². The monoisotopic (exact) mass is 274 g/mol. The molecule has 17 heavy (non-hydrogen) atoms. The molecule has 0 atom stereocenters. The highest BCUT2D eigenvalue weighted by atomic mass is 35.5. The predicted octanol–water partition coefficient (Wildman–Crippen LogP) is 1.42. The van der Waals surface area contributed by atoms with Gasteiger partial charge in [0.2, 0.25) is 5.91 Å². The van der Waals surface area contributed by atoms with Gasteiger partial charge in [-0.05, 0) is 12.1 Å². The van der Waals surface area contributed by atoms with Gasteiger partial charge in [0, 0.05) is 13.1 Å². The Bertz CT molecular complexity index is 410. The smallest absolute Gasteiger partial charge is 0.252 e. The zero-order chi connectivity index (χ0) is 12.7. The summed E-state index contributed by atoms with van der Waals surface area (Å²) in [5.74, 6) is -0.618. The number of nitrogens with one attached hydrogen (secondary N) is 2. The van der Waals surface area contributed by atoms with E-state index in [9.17, 15) is 9.59 Å². The highest BCUT2D eigenvalue weighted by Crippen LogP contribution is 2.14. The van der Waals surface area contributed by atoms with Gasteiger partial charge < -0.3 is 10.6 Å². The van der Waals surface area contributed by atoms with Crippen LogP contribution in [0.3, 0.4) is 0 Å². The number of carbonyl (C=O) groups excluding carboxylic acids is 2. The maximum absolute atomic E-state index is 11.6. The van der Waals surface area contributed by atoms with Crippen LogP contribution in [0.4, 0.5) is 0 Å². The van der Waals surface area contributed by atoms with Gasteiger partial charge in [-0.1, -0.05) is 23.7 Å². The molecule has 0 fully saturated rings. The van der Waals surface area contributed by atoms with Gasteiger partial charge in [0.1, 0.15) is 5.88 Å². The Balaban J connectivity index is 2.36. The van der Waals surface area contributed by atoms with Crippen molar-refractivity contribution in [1.82, 2.24) is 10.6 Å². The summed E-state index contributed by atoms with van der Waals surface area (Å²) in [5.41, 5.74) is 0.415. The lowest BCUT2D eigenvalue weighted by molar-refractivity contribution is -0.118. The summed E-state index contributed by atoms with van der Waals surface area (Å²) in [6.07, 6.45) is 0. The van der Waals surface area contributed by atoms with Gasteiger partial charge >= 0.3 is 0 Å². The first kappa shape index (κ1) is 13.8. The van der Waals surface area contributed by atoms with E-state index < -0.39 is 0 Å². The Morgan fingerprint density at radius 1 is 1.12 bits per heavy atom. The second-order valence-corrected chi connectivity index (χ2v) is 3.89. The third kappa shape index (κ3) is 4.63. The normalized spacial score (nSPS) is 9.76. The van der Waals surface area contributed by atoms with Crippen LogP contribution in [0, 0.1) is 0 Å². The number of rotatable bonds is 5. The van der Waals surface area contributed by atoms with Crippen molar-refractivity contribution >= 4 is 35.0 Å². The molecule has 0 spiro atoms. The van der Waals surface area contributed by atoms with Gasteiger partial charge in [-0.3, -0.25) is 9.59 Å². The fraction of sp³-hybridized carbons (Fsp3) is 0.273. The first-order valence-electron chi connectivity index (χ1n) is 5.00. The first-order chi connectivity index (χ1) is 8.15. The van der Waals surface area contributed by atoms with Crippen molar-refractivity contribution in [3.63, 3.8) is 0 Å². The third-order valence-electron chi connectivity index (χ3n) is 1.97. The van der Waals surface area contributed by atoms with Crippen molar-refractivity contribution in [2.75, 3.05) is 19.0 Å². The van der Waals surface area contributed by atoms with Gasteiger partial charge in [-0.15, -0.1) is 11.6 Å². The molecule has 1 rings (SSSR count). The molecule has 0 aromatic heterocycles. The van der Waals surface area contributed by atoms with E-state index >= 15 is 0 Å². The van der Waals surface area contributed by atoms with Crippen molar-refractivity contribution in [3.8, 4) is 0 Å². The topological polar surface area (TPSA) is 58.2 Å². The van der Waals surface area contributed by atoms with Crippen molar-refractivity contribution in [3.05, 3.63) is 34.9 Å². The Morgan fingerprint density at radius 2 is 1.76 bits per heavy atom. The molecule has 0 heterocycles. The lowest BCUT2D eigenvalue weighted by atomic mass is 10.2. The van der Waals surface area contributed by atoms with Crippen LogP contribution in [0.15, 0.2) is 24.3 Å². The number of alkyl halides is 1. The van der Waals surface area contributed by atoms with Crippen LogP contribution in [-0.4, -0.2) is 30.8 Å². The summed E-state index contributed by atoms with van der Waals surface area (Å²) in [6.45, 7) is 0.661. The molecule has 1 aromatic carbocycles. The lowest BCUT2D eigenvalue weighted by Crippen LogP contribution is -2.35. The average molecular weight is 275 g/mol. The molecular formula is C11H12Cl2N2O2. The number of carbonyl (C=O) groups is 2. The van der Waals surface area contributed by atoms with E-state index in [2.05, 4.69) is 10.6 Å². The minimum Gasteiger partial charge on any atom is -0.353 e. The molecule has 1 aromatic rings. The van der Waals surface area contributed by atoms with Crippen LogP contribution in [-0.2, 0) is 4.79 Å². The minimum atomic E-state index is -0.268. The quantitative estimate of drug-likeness (QED) is 0.630. The second kappa shape index (κ2) is 7.14. The van der Waals surface area contributed by atoms with Gasteiger partial charge in [0.05, 0.1) is 10.6 Å². The minimum absolute atomic E-state index is 0.0849. The van der Waals surface area contributed by atoms with Crippen molar-refractivity contribution in [1.29, 1.82) is 0 Å². The maximum atomic E-state index is 11.6. The number of hydrogen-bond donors (Lipinski definition) is 2. The molecule has 2 N–H and O–H groups in total. The predicted molar refractivity (Wildman–Crippen MR) is 67.5 cm³/mol. The second-order valence-electron chi connectivity index (χ2n) is 3.22. The lowest BCUT2D eigenvalue weighted by Gasteiger charge is -2.07. The Morgan fingerprint density at radius 3 is 2.41 bits per heavy atom. The number of benzene rings is 1. The molecule has 4 nitrogen and oxygen atoms in total. The largest absolute Gasteiger partial charge is 0.353 e. The van der Waals surface area contributed by atoms with E-state index in [1.807, 2.05) is 0 Å². The molecule has 0 aliphatic carbocycles. The first-order valence-corrected chi connectivity index (χ1v) is 5.91. The Kier molecular flexibility index (Phi) is 5.80. The molecule has 0 saturated heterocycles. The van der Waals surface area contributed by atoms with Gasteiger partial charge in [0.15, 0.2) is 0 Å². The summed E-state index contributed by atoms with van der Waals surface area (Å²) in [4.78, 5) is 22.4. The highest BCUT2D eigenvalue weighted by Gasteiger charge is 2.08. The maximum Gasteiger partial charge on any atom is 0.252 e. The van der Waals surface area contributed by atoms with Gasteiger partial charge in [0.25, 0.3) is 5.91 Å². The van der Waals surface area contributed by atoms with Gasteiger partial charge in [-0.2, -0.15) is 0 Å². The van der Waals surface area contributed by atoms with Crippen LogP contribution >= 0.6 is 23.2 Å². The van der Waals surface area contributed by atoms with E-state index in [-0.39, 0.29) is 17.7 Å². The van der Waals surface area contributed by atoms with Crippen molar-refractivity contribution in [2.45, 2.75) is 0 Å². The van der Waals surface area contributed by atoms with E-state index in [4.69, 9.17) is 23.2 Å². The average Bonchev–Trinajstić information content (AvgIpc) is 2.34. The van der Waals surface area contributed by atoms with Crippen molar-refractivity contribution in [2.24, 2.45) is 0 Å². The Hall–Kier alpha value is -1.26. The summed E-state index contributed by atoms with van der Waals surface area (Å²) >= 11 is 11.2. The van der Waals surface area contributed by atoms with Gasteiger partial charge in [-0.25, -0.2) is 0 Å². The Labute approximate surface area is 109 Å². The van der Waals surface area contributed by atoms with Crippen LogP contribution in [0.1, 0.15) is 10.4 Å². The molecule has 0 aliphatic rings. The summed E-state index contributed by atoms with van der Waals surface area (Å²) in [6, 6.07) is 6.76. The van der Waals surface area contributed by atoms with Crippen LogP contribution in [0.2, 0.25) is 5.02 Å². The van der Waals surface area contributed by atoms with E-state index in [1.54, 1.807) is 24.3 Å². The van der Waals surface area contributed by atoms with E-state index in [1.165, 1.54) is 0 Å². The van der Waals surface area contributed by atoms with Crippen LogP contribution in [0.5, 0.6) is 0 Å². The summed E-state index contributed by atoms with van der Waals surface area (Å²) in [5, 5.41) is 5.57. The zero-order valence-corrected chi connectivity index (χ0v) is 10.5. The molecule has 0 bridgehead atoms. The molecule has 0 aliphatic heterocycles. The molecule has 6 heteroatoms. The number of amides is 2. The van der Waals surface area contributed by atoms with Crippen LogP contribution in [0.25, 0.3) is 0 Å². The molecule has 0 saturated carbocycles. The number of halogens is 2. The molecule has 0 radical (unpaired) electrons. The van der Waals surface area contributed by atoms with E-state index in [0.717, 1.165) is 0 Å². The fourth-order valence-electron chi connectivity index (χ4n) is 1.17. The molecule has 2 amide bonds. The SMILES string of the molecule is O=C(CCl)NCCNC(=O)c1ccccc1Cl. The zero-order valence-electron chi connectivity index (χ0n) is 9.00. The third-order valence-corrected chi connectivity index (χ3v) is 2.54. The van der Waals surface area contributed by atoms with Crippen LogP contribution < -0.4 is 10.6 Å². The molecular weight excluding hydrogens is 263 g/mol. The fourth-order valence-corrected chi connectivity index (χ4v) is 1.48. The summed E-state index contributed by atoms with van der Waals surface area (Å²) in [7, 11) is 0. The summed E-state index contributed by atoms with van der Waals surface area (Å²) < 4.78 is 0. The molecule has 92 valence electrons. The highest BCUT2D eigenvalue weighted by molar-refractivity contribution is 6.33.